The number of esters is 1. The van der Waals surface area contributed by atoms with Gasteiger partial charge in [-0.3, -0.25) is 9.69 Å². The number of pyridine rings is 2. The van der Waals surface area contributed by atoms with Crippen LogP contribution >= 0.6 is 0 Å². The van der Waals surface area contributed by atoms with Gasteiger partial charge in [-0.25, -0.2) is 14.6 Å². The van der Waals surface area contributed by atoms with Gasteiger partial charge in [0.15, 0.2) is 5.82 Å². The van der Waals surface area contributed by atoms with Gasteiger partial charge in [-0.1, -0.05) is 0 Å². The fraction of sp³-hybridized carbons (Fsp3) is 0.429. The highest BCUT2D eigenvalue weighted by atomic mass is 16.6. The van der Waals surface area contributed by atoms with Crippen LogP contribution in [-0.4, -0.2) is 73.0 Å². The minimum atomic E-state index is -0.495. The molecule has 0 saturated carbocycles. The molecule has 1 aliphatic rings. The molecule has 0 spiro atoms. The maximum atomic E-state index is 12.4. The number of ether oxygens (including phenoxy) is 2. The Morgan fingerprint density at radius 2 is 2.05 bits per heavy atom. The van der Waals surface area contributed by atoms with E-state index in [2.05, 4.69) is 51.6 Å². The van der Waals surface area contributed by atoms with Crippen LogP contribution in [-0.2, 0) is 20.7 Å². The third kappa shape index (κ3) is 5.73. The SMILES string of the molecule is Cc1ccn2c(C[C@H]3CN(CC(=O)OC(C)(C)C)CCO3)c(-c3cnc(-n4cccn4)cc3C)nc2c1. The van der Waals surface area contributed by atoms with Gasteiger partial charge in [-0.15, -0.1) is 0 Å². The second-order valence-corrected chi connectivity index (χ2v) is 10.7. The van der Waals surface area contributed by atoms with Gasteiger partial charge in [-0.05, 0) is 70.0 Å². The average Bonchev–Trinajstić information content (AvgIpc) is 3.47. The standard InChI is InChI=1S/C28H34N6O3/c1-19-7-10-33-23(15-21-17-32(11-12-36-21)18-26(35)37-28(3,4)5)27(31-25(33)13-19)22-16-29-24(14-20(22)2)34-9-6-8-30-34/h6-10,13-14,16,21H,11-12,15,17-18H2,1-5H3/t21-/m0/s1. The van der Waals surface area contributed by atoms with Crippen molar-refractivity contribution in [3.05, 3.63) is 65.9 Å². The molecule has 5 rings (SSSR count). The van der Waals surface area contributed by atoms with E-state index in [1.165, 1.54) is 0 Å². The van der Waals surface area contributed by atoms with Crippen LogP contribution in [0, 0.1) is 13.8 Å². The Labute approximate surface area is 217 Å². The van der Waals surface area contributed by atoms with E-state index in [4.69, 9.17) is 14.5 Å². The lowest BCUT2D eigenvalue weighted by Crippen LogP contribution is -2.46. The zero-order valence-electron chi connectivity index (χ0n) is 22.1. The van der Waals surface area contributed by atoms with Crippen LogP contribution in [0.4, 0.5) is 0 Å². The summed E-state index contributed by atoms with van der Waals surface area (Å²) in [6.07, 6.45) is 8.14. The van der Waals surface area contributed by atoms with Crippen molar-refractivity contribution < 1.29 is 14.3 Å². The van der Waals surface area contributed by atoms with Gasteiger partial charge < -0.3 is 13.9 Å². The van der Waals surface area contributed by atoms with E-state index in [-0.39, 0.29) is 18.6 Å². The molecule has 4 aromatic rings. The average molecular weight is 503 g/mol. The molecule has 0 radical (unpaired) electrons. The quantitative estimate of drug-likeness (QED) is 0.371. The molecule has 0 unspecified atom stereocenters. The molecule has 1 saturated heterocycles. The summed E-state index contributed by atoms with van der Waals surface area (Å²) < 4.78 is 15.6. The first-order valence-electron chi connectivity index (χ1n) is 12.7. The van der Waals surface area contributed by atoms with Gasteiger partial charge >= 0.3 is 5.97 Å². The Hall–Kier alpha value is -3.56. The number of nitrogens with zero attached hydrogens (tertiary/aromatic N) is 6. The molecule has 9 nitrogen and oxygen atoms in total. The maximum Gasteiger partial charge on any atom is 0.320 e. The first-order valence-corrected chi connectivity index (χ1v) is 12.7. The minimum absolute atomic E-state index is 0.0762. The van der Waals surface area contributed by atoms with Crippen molar-refractivity contribution in [2.75, 3.05) is 26.2 Å². The molecule has 0 aromatic carbocycles. The Balaban J connectivity index is 1.43. The summed E-state index contributed by atoms with van der Waals surface area (Å²) in [6.45, 7) is 12.0. The van der Waals surface area contributed by atoms with Crippen molar-refractivity contribution in [1.29, 1.82) is 0 Å². The fourth-order valence-electron chi connectivity index (χ4n) is 4.75. The van der Waals surface area contributed by atoms with E-state index in [9.17, 15) is 4.79 Å². The van der Waals surface area contributed by atoms with Gasteiger partial charge in [-0.2, -0.15) is 5.10 Å². The number of morpholine rings is 1. The highest BCUT2D eigenvalue weighted by Crippen LogP contribution is 2.30. The van der Waals surface area contributed by atoms with E-state index < -0.39 is 5.60 Å². The van der Waals surface area contributed by atoms with Gasteiger partial charge in [0.2, 0.25) is 0 Å². The molecular formula is C28H34N6O3. The highest BCUT2D eigenvalue weighted by molar-refractivity contribution is 5.72. The lowest BCUT2D eigenvalue weighted by Gasteiger charge is -2.33. The molecule has 0 amide bonds. The zero-order chi connectivity index (χ0) is 26.2. The van der Waals surface area contributed by atoms with E-state index in [1.807, 2.05) is 45.3 Å². The molecule has 1 atom stereocenters. The number of carbonyl (C=O) groups is 1. The molecule has 1 aliphatic heterocycles. The van der Waals surface area contributed by atoms with E-state index in [0.29, 0.717) is 26.1 Å². The summed E-state index contributed by atoms with van der Waals surface area (Å²) in [4.78, 5) is 24.2. The molecule has 0 aliphatic carbocycles. The fourth-order valence-corrected chi connectivity index (χ4v) is 4.75. The largest absolute Gasteiger partial charge is 0.459 e. The topological polar surface area (TPSA) is 86.8 Å². The number of fused-ring (bicyclic) bond motifs is 1. The summed E-state index contributed by atoms with van der Waals surface area (Å²) >= 11 is 0. The number of aryl methyl sites for hydroxylation is 2. The summed E-state index contributed by atoms with van der Waals surface area (Å²) in [5, 5.41) is 4.30. The number of aromatic nitrogens is 5. The van der Waals surface area contributed by atoms with Crippen molar-refractivity contribution in [3.63, 3.8) is 0 Å². The summed E-state index contributed by atoms with van der Waals surface area (Å²) in [5.41, 5.74) is 5.56. The van der Waals surface area contributed by atoms with Crippen molar-refractivity contribution in [2.24, 2.45) is 0 Å². The molecule has 5 heterocycles. The van der Waals surface area contributed by atoms with Crippen LogP contribution in [0.5, 0.6) is 0 Å². The molecule has 4 aromatic heterocycles. The maximum absolute atomic E-state index is 12.4. The molecule has 0 bridgehead atoms. The first kappa shape index (κ1) is 25.1. The predicted molar refractivity (Wildman–Crippen MR) is 141 cm³/mol. The molecule has 9 heteroatoms. The van der Waals surface area contributed by atoms with Crippen molar-refractivity contribution >= 4 is 11.6 Å². The van der Waals surface area contributed by atoms with Gasteiger partial charge in [0.25, 0.3) is 0 Å². The minimum Gasteiger partial charge on any atom is -0.459 e. The number of hydrogen-bond donors (Lipinski definition) is 0. The Morgan fingerprint density at radius 1 is 1.22 bits per heavy atom. The van der Waals surface area contributed by atoms with E-state index in [0.717, 1.165) is 39.5 Å². The second-order valence-electron chi connectivity index (χ2n) is 10.7. The third-order valence-electron chi connectivity index (χ3n) is 6.39. The third-order valence-corrected chi connectivity index (χ3v) is 6.39. The monoisotopic (exact) mass is 502 g/mol. The highest BCUT2D eigenvalue weighted by Gasteiger charge is 2.27. The Morgan fingerprint density at radius 3 is 2.78 bits per heavy atom. The predicted octanol–water partition coefficient (Wildman–Crippen LogP) is 3.78. The van der Waals surface area contributed by atoms with Crippen molar-refractivity contribution in [2.45, 2.75) is 52.7 Å². The number of imidazole rings is 1. The van der Waals surface area contributed by atoms with Gasteiger partial charge in [0, 0.05) is 49.9 Å². The normalized spacial score (nSPS) is 16.8. The lowest BCUT2D eigenvalue weighted by molar-refractivity contribution is -0.157. The number of carbonyl (C=O) groups excluding carboxylic acids is 1. The van der Waals surface area contributed by atoms with Crippen molar-refractivity contribution in [3.8, 4) is 17.1 Å². The summed E-state index contributed by atoms with van der Waals surface area (Å²) in [6, 6.07) is 8.08. The van der Waals surface area contributed by atoms with Gasteiger partial charge in [0.1, 0.15) is 11.2 Å². The van der Waals surface area contributed by atoms with Crippen LogP contribution in [0.25, 0.3) is 22.7 Å². The van der Waals surface area contributed by atoms with Crippen LogP contribution in [0.2, 0.25) is 0 Å². The van der Waals surface area contributed by atoms with Crippen LogP contribution < -0.4 is 0 Å². The Kier molecular flexibility index (Phi) is 6.83. The number of hydrogen-bond acceptors (Lipinski definition) is 7. The zero-order valence-corrected chi connectivity index (χ0v) is 22.1. The van der Waals surface area contributed by atoms with Crippen LogP contribution in [0.15, 0.2) is 49.1 Å². The summed E-state index contributed by atoms with van der Waals surface area (Å²) in [7, 11) is 0. The molecule has 194 valence electrons. The second kappa shape index (κ2) is 10.1. The molecule has 37 heavy (non-hydrogen) atoms. The van der Waals surface area contributed by atoms with Crippen LogP contribution in [0.3, 0.4) is 0 Å². The summed E-state index contributed by atoms with van der Waals surface area (Å²) in [5.74, 6) is 0.555. The van der Waals surface area contributed by atoms with E-state index >= 15 is 0 Å². The van der Waals surface area contributed by atoms with E-state index in [1.54, 1.807) is 10.9 Å². The molecule has 0 N–H and O–H groups in total. The Bertz CT molecular complexity index is 1400. The van der Waals surface area contributed by atoms with Gasteiger partial charge in [0.05, 0.1) is 30.6 Å². The smallest absolute Gasteiger partial charge is 0.320 e. The lowest BCUT2D eigenvalue weighted by atomic mass is 10.0. The number of rotatable bonds is 6. The van der Waals surface area contributed by atoms with Crippen molar-refractivity contribution in [1.82, 2.24) is 29.0 Å². The molecular weight excluding hydrogens is 468 g/mol. The first-order chi connectivity index (χ1) is 17.7. The van der Waals surface area contributed by atoms with Crippen LogP contribution in [0.1, 0.15) is 37.6 Å². The molecule has 1 fully saturated rings.